The number of halogens is 2. The van der Waals surface area contributed by atoms with Crippen LogP contribution in [0, 0.1) is 0 Å². The Hall–Kier alpha value is -1.70. The van der Waals surface area contributed by atoms with Gasteiger partial charge in [-0.05, 0) is 57.2 Å². The van der Waals surface area contributed by atoms with Crippen molar-refractivity contribution in [3.63, 3.8) is 0 Å². The highest BCUT2D eigenvalue weighted by molar-refractivity contribution is 8.00. The number of carbonyl (C=O) groups is 1. The zero-order valence-electron chi connectivity index (χ0n) is 15.6. The standard InChI is InChI=1S/C19H23Cl2N5OS/c1-12(18(27)23-10-9-13-5-3-2-4-6-13)28-19-25-24-17(26(19)22)15-11-14(20)7-8-16(15)21/h5,7-8,11-12H,2-4,6,9-10,22H2,1H3,(H,23,27). The summed E-state index contributed by atoms with van der Waals surface area (Å²) in [5.74, 6) is 6.48. The summed E-state index contributed by atoms with van der Waals surface area (Å²) < 4.78 is 1.33. The number of thioether (sulfide) groups is 1. The van der Waals surface area contributed by atoms with Gasteiger partial charge in [0.1, 0.15) is 0 Å². The van der Waals surface area contributed by atoms with Crippen molar-refractivity contribution >= 4 is 40.9 Å². The number of allylic oxidation sites excluding steroid dienone is 1. The molecule has 1 aliphatic carbocycles. The number of nitrogen functional groups attached to an aromatic ring is 1. The molecule has 0 saturated carbocycles. The van der Waals surface area contributed by atoms with Crippen LogP contribution >= 0.6 is 35.0 Å². The molecule has 150 valence electrons. The predicted octanol–water partition coefficient (Wildman–Crippen LogP) is 4.45. The van der Waals surface area contributed by atoms with E-state index >= 15 is 0 Å². The fourth-order valence-corrected chi connectivity index (χ4v) is 4.21. The Labute approximate surface area is 178 Å². The first-order valence-electron chi connectivity index (χ1n) is 9.24. The van der Waals surface area contributed by atoms with E-state index in [0.29, 0.717) is 33.1 Å². The van der Waals surface area contributed by atoms with Gasteiger partial charge in [0.2, 0.25) is 11.1 Å². The van der Waals surface area contributed by atoms with Crippen molar-refractivity contribution in [3.8, 4) is 11.4 Å². The molecule has 0 aliphatic heterocycles. The van der Waals surface area contributed by atoms with Crippen molar-refractivity contribution in [2.75, 3.05) is 12.4 Å². The molecule has 3 N–H and O–H groups in total. The van der Waals surface area contributed by atoms with Gasteiger partial charge in [-0.15, -0.1) is 10.2 Å². The molecule has 0 bridgehead atoms. The summed E-state index contributed by atoms with van der Waals surface area (Å²) in [4.78, 5) is 12.4. The summed E-state index contributed by atoms with van der Waals surface area (Å²) in [6, 6.07) is 5.05. The average molecular weight is 440 g/mol. The van der Waals surface area contributed by atoms with Gasteiger partial charge in [0.15, 0.2) is 5.82 Å². The molecule has 1 aromatic carbocycles. The summed E-state index contributed by atoms with van der Waals surface area (Å²) in [6.45, 7) is 2.47. The summed E-state index contributed by atoms with van der Waals surface area (Å²) in [5, 5.41) is 12.3. The van der Waals surface area contributed by atoms with Crippen LogP contribution < -0.4 is 11.2 Å². The van der Waals surface area contributed by atoms with Crippen molar-refractivity contribution in [1.82, 2.24) is 20.2 Å². The van der Waals surface area contributed by atoms with Gasteiger partial charge in [-0.1, -0.05) is 46.6 Å². The molecular weight excluding hydrogens is 417 g/mol. The largest absolute Gasteiger partial charge is 0.355 e. The average Bonchev–Trinajstić information content (AvgIpc) is 3.04. The number of hydrogen-bond acceptors (Lipinski definition) is 5. The first kappa shape index (κ1) is 21.0. The number of carbonyl (C=O) groups excluding carboxylic acids is 1. The molecule has 1 heterocycles. The number of aromatic nitrogens is 3. The SMILES string of the molecule is CC(Sc1nnc(-c2cc(Cl)ccc2Cl)n1N)C(=O)NCCC1=CCCCC1. The van der Waals surface area contributed by atoms with Crippen LogP contribution in [-0.4, -0.2) is 32.6 Å². The van der Waals surface area contributed by atoms with Gasteiger partial charge in [-0.2, -0.15) is 0 Å². The van der Waals surface area contributed by atoms with Crippen LogP contribution in [0.15, 0.2) is 35.0 Å². The summed E-state index contributed by atoms with van der Waals surface area (Å²) in [5.41, 5.74) is 2.03. The Morgan fingerprint density at radius 2 is 2.18 bits per heavy atom. The molecule has 1 aliphatic rings. The Bertz CT molecular complexity index is 883. The van der Waals surface area contributed by atoms with Gasteiger partial charge < -0.3 is 11.2 Å². The number of amides is 1. The highest BCUT2D eigenvalue weighted by Crippen LogP contribution is 2.31. The molecule has 0 spiro atoms. The lowest BCUT2D eigenvalue weighted by molar-refractivity contribution is -0.120. The Morgan fingerprint density at radius 1 is 1.36 bits per heavy atom. The third kappa shape index (κ3) is 5.21. The molecule has 1 unspecified atom stereocenters. The number of benzene rings is 1. The second kappa shape index (κ2) is 9.67. The van der Waals surface area contributed by atoms with E-state index < -0.39 is 0 Å². The van der Waals surface area contributed by atoms with Crippen LogP contribution in [0.5, 0.6) is 0 Å². The number of nitrogens with one attached hydrogen (secondary N) is 1. The summed E-state index contributed by atoms with van der Waals surface area (Å²) in [6.07, 6.45) is 8.02. The predicted molar refractivity (Wildman–Crippen MR) is 115 cm³/mol. The van der Waals surface area contributed by atoms with Crippen molar-refractivity contribution < 1.29 is 4.79 Å². The normalized spacial score (nSPS) is 15.2. The highest BCUT2D eigenvalue weighted by Gasteiger charge is 2.21. The molecule has 0 saturated heterocycles. The lowest BCUT2D eigenvalue weighted by Crippen LogP contribution is -2.32. The molecular formula is C19H23Cl2N5OS. The van der Waals surface area contributed by atoms with Crippen LogP contribution in [-0.2, 0) is 4.79 Å². The van der Waals surface area contributed by atoms with E-state index in [1.165, 1.54) is 34.9 Å². The maximum Gasteiger partial charge on any atom is 0.233 e. The van der Waals surface area contributed by atoms with Gasteiger partial charge >= 0.3 is 0 Å². The molecule has 2 aromatic rings. The maximum absolute atomic E-state index is 12.4. The fraction of sp³-hybridized carbons (Fsp3) is 0.421. The summed E-state index contributed by atoms with van der Waals surface area (Å²) >= 11 is 13.5. The van der Waals surface area contributed by atoms with Gasteiger partial charge in [-0.3, -0.25) is 4.79 Å². The van der Waals surface area contributed by atoms with Gasteiger partial charge in [-0.25, -0.2) is 4.68 Å². The molecule has 1 atom stereocenters. The minimum Gasteiger partial charge on any atom is -0.355 e. The molecule has 3 rings (SSSR count). The van der Waals surface area contributed by atoms with Crippen molar-refractivity contribution in [2.24, 2.45) is 0 Å². The first-order chi connectivity index (χ1) is 13.5. The zero-order valence-corrected chi connectivity index (χ0v) is 17.9. The molecule has 0 fully saturated rings. The second-order valence-electron chi connectivity index (χ2n) is 6.71. The van der Waals surface area contributed by atoms with Crippen LogP contribution in [0.4, 0.5) is 0 Å². The molecule has 28 heavy (non-hydrogen) atoms. The van der Waals surface area contributed by atoms with E-state index in [0.717, 1.165) is 19.3 Å². The van der Waals surface area contributed by atoms with Crippen LogP contribution in [0.1, 0.15) is 39.0 Å². The molecule has 1 amide bonds. The highest BCUT2D eigenvalue weighted by atomic mass is 35.5. The number of hydrogen-bond donors (Lipinski definition) is 2. The lowest BCUT2D eigenvalue weighted by atomic mass is 9.97. The Balaban J connectivity index is 1.59. The number of nitrogens with zero attached hydrogens (tertiary/aromatic N) is 3. The first-order valence-corrected chi connectivity index (χ1v) is 10.9. The third-order valence-electron chi connectivity index (χ3n) is 4.62. The molecule has 9 heteroatoms. The maximum atomic E-state index is 12.4. The smallest absolute Gasteiger partial charge is 0.233 e. The molecule has 1 aromatic heterocycles. The van der Waals surface area contributed by atoms with Crippen molar-refractivity contribution in [1.29, 1.82) is 0 Å². The van der Waals surface area contributed by atoms with Gasteiger partial charge in [0.25, 0.3) is 0 Å². The quantitative estimate of drug-likeness (QED) is 0.377. The summed E-state index contributed by atoms with van der Waals surface area (Å²) in [7, 11) is 0. The Kier molecular flexibility index (Phi) is 7.26. The fourth-order valence-electron chi connectivity index (χ4n) is 3.04. The van der Waals surface area contributed by atoms with Gasteiger partial charge in [0, 0.05) is 17.1 Å². The van der Waals surface area contributed by atoms with E-state index in [1.54, 1.807) is 18.2 Å². The monoisotopic (exact) mass is 439 g/mol. The minimum atomic E-state index is -0.352. The van der Waals surface area contributed by atoms with Crippen molar-refractivity contribution in [2.45, 2.75) is 49.4 Å². The zero-order chi connectivity index (χ0) is 20.1. The molecule has 6 nitrogen and oxygen atoms in total. The van der Waals surface area contributed by atoms with E-state index in [9.17, 15) is 4.79 Å². The van der Waals surface area contributed by atoms with E-state index in [4.69, 9.17) is 29.0 Å². The van der Waals surface area contributed by atoms with E-state index in [2.05, 4.69) is 21.6 Å². The number of nitrogens with two attached hydrogens (primary N) is 1. The minimum absolute atomic E-state index is 0.0493. The van der Waals surface area contributed by atoms with Crippen LogP contribution in [0.25, 0.3) is 11.4 Å². The third-order valence-corrected chi connectivity index (χ3v) is 6.24. The number of rotatable bonds is 7. The Morgan fingerprint density at radius 3 is 2.93 bits per heavy atom. The second-order valence-corrected chi connectivity index (χ2v) is 8.86. The van der Waals surface area contributed by atoms with E-state index in [1.807, 2.05) is 6.92 Å². The van der Waals surface area contributed by atoms with E-state index in [-0.39, 0.29) is 11.2 Å². The van der Waals surface area contributed by atoms with Crippen molar-refractivity contribution in [3.05, 3.63) is 39.9 Å². The topological polar surface area (TPSA) is 85.8 Å². The van der Waals surface area contributed by atoms with Crippen LogP contribution in [0.3, 0.4) is 0 Å². The van der Waals surface area contributed by atoms with Crippen LogP contribution in [0.2, 0.25) is 10.0 Å². The molecule has 0 radical (unpaired) electrons. The lowest BCUT2D eigenvalue weighted by Gasteiger charge is -2.14. The van der Waals surface area contributed by atoms with Gasteiger partial charge in [0.05, 0.1) is 10.3 Å².